The average molecular weight is 270 g/mol. The summed E-state index contributed by atoms with van der Waals surface area (Å²) in [6, 6.07) is 3.59. The number of aromatic nitrogens is 1. The molecule has 18 heavy (non-hydrogen) atoms. The van der Waals surface area contributed by atoms with Gasteiger partial charge in [-0.25, -0.2) is 0 Å². The largest absolute Gasteiger partial charge is 0.364 e. The first-order valence-electron chi connectivity index (χ1n) is 5.76. The Labute approximate surface area is 111 Å². The second kappa shape index (κ2) is 6.96. The summed E-state index contributed by atoms with van der Waals surface area (Å²) in [7, 11) is 0. The first-order chi connectivity index (χ1) is 8.56. The highest BCUT2D eigenvalue weighted by Crippen LogP contribution is 2.14. The summed E-state index contributed by atoms with van der Waals surface area (Å²) in [5.74, 6) is 0. The van der Waals surface area contributed by atoms with Gasteiger partial charge in [0.25, 0.3) is 6.20 Å². The van der Waals surface area contributed by atoms with Crippen molar-refractivity contribution in [2.24, 2.45) is 0 Å². The molecule has 0 aliphatic rings. The molecular weight excluding hydrogens is 254 g/mol. The van der Waals surface area contributed by atoms with Crippen LogP contribution in [0.25, 0.3) is 0 Å². The van der Waals surface area contributed by atoms with Gasteiger partial charge in [-0.05, 0) is 25.5 Å². The van der Waals surface area contributed by atoms with E-state index in [1.807, 2.05) is 24.8 Å². The van der Waals surface area contributed by atoms with Gasteiger partial charge in [-0.1, -0.05) is 18.5 Å². The third-order valence-corrected chi connectivity index (χ3v) is 2.77. The lowest BCUT2D eigenvalue weighted by atomic mass is 10.2. The molecule has 0 atom stereocenters. The van der Waals surface area contributed by atoms with Crippen molar-refractivity contribution in [1.82, 2.24) is 9.88 Å². The molecule has 1 rings (SSSR count). The van der Waals surface area contributed by atoms with Crippen molar-refractivity contribution < 1.29 is 4.92 Å². The van der Waals surface area contributed by atoms with Crippen LogP contribution in [0.4, 0.5) is 0 Å². The van der Waals surface area contributed by atoms with Crippen LogP contribution in [-0.4, -0.2) is 21.4 Å². The summed E-state index contributed by atoms with van der Waals surface area (Å²) in [5.41, 5.74) is 1.53. The Balaban J connectivity index is 2.83. The molecule has 1 heterocycles. The number of nitrogens with zero attached hydrogens (tertiary/aromatic N) is 3. The summed E-state index contributed by atoms with van der Waals surface area (Å²) in [6.45, 7) is 5.09. The maximum absolute atomic E-state index is 10.6. The average Bonchev–Trinajstić information content (AvgIpc) is 2.35. The number of rotatable bonds is 6. The van der Waals surface area contributed by atoms with Crippen LogP contribution in [0.2, 0.25) is 5.02 Å². The minimum atomic E-state index is -0.420. The van der Waals surface area contributed by atoms with Crippen LogP contribution in [0.1, 0.15) is 26.0 Å². The summed E-state index contributed by atoms with van der Waals surface area (Å²) < 4.78 is 0. The standard InChI is InChI=1S/C12H16ClN3O2/c1-3-12(9-16(17)18)15(4-2)8-11-6-5-10(13)7-14-11/h5-7,9H,3-4,8H2,1-2H3/b12-9+. The van der Waals surface area contributed by atoms with Gasteiger partial charge in [0.15, 0.2) is 0 Å². The molecule has 1 aromatic rings. The van der Waals surface area contributed by atoms with Crippen molar-refractivity contribution in [3.63, 3.8) is 0 Å². The van der Waals surface area contributed by atoms with E-state index in [4.69, 9.17) is 11.6 Å². The zero-order valence-electron chi connectivity index (χ0n) is 10.5. The molecular formula is C12H16ClN3O2. The van der Waals surface area contributed by atoms with Gasteiger partial charge in [-0.3, -0.25) is 15.1 Å². The van der Waals surface area contributed by atoms with Crippen molar-refractivity contribution >= 4 is 11.6 Å². The van der Waals surface area contributed by atoms with E-state index in [0.717, 1.165) is 11.9 Å². The Hall–Kier alpha value is -1.62. The molecule has 0 N–H and O–H groups in total. The predicted molar refractivity (Wildman–Crippen MR) is 70.7 cm³/mol. The van der Waals surface area contributed by atoms with Gasteiger partial charge in [0.2, 0.25) is 0 Å². The highest BCUT2D eigenvalue weighted by atomic mass is 35.5. The molecule has 98 valence electrons. The predicted octanol–water partition coefficient (Wildman–Crippen LogP) is 3.09. The second-order valence-corrected chi connectivity index (χ2v) is 4.18. The summed E-state index contributed by atoms with van der Waals surface area (Å²) in [5, 5.41) is 11.1. The van der Waals surface area contributed by atoms with Crippen molar-refractivity contribution in [3.05, 3.63) is 51.1 Å². The molecule has 0 amide bonds. The lowest BCUT2D eigenvalue weighted by molar-refractivity contribution is -0.404. The van der Waals surface area contributed by atoms with Gasteiger partial charge < -0.3 is 4.90 Å². The number of halogens is 1. The molecule has 0 bridgehead atoms. The van der Waals surface area contributed by atoms with E-state index >= 15 is 0 Å². The van der Waals surface area contributed by atoms with Crippen molar-refractivity contribution in [3.8, 4) is 0 Å². The lowest BCUT2D eigenvalue weighted by Gasteiger charge is -2.23. The van der Waals surface area contributed by atoms with Crippen molar-refractivity contribution in [2.75, 3.05) is 6.54 Å². The fourth-order valence-electron chi connectivity index (χ4n) is 1.63. The van der Waals surface area contributed by atoms with E-state index < -0.39 is 4.92 Å². The van der Waals surface area contributed by atoms with Crippen LogP contribution in [0.5, 0.6) is 0 Å². The van der Waals surface area contributed by atoms with Gasteiger partial charge >= 0.3 is 0 Å². The van der Waals surface area contributed by atoms with Gasteiger partial charge in [-0.2, -0.15) is 0 Å². The topological polar surface area (TPSA) is 59.3 Å². The van der Waals surface area contributed by atoms with Crippen LogP contribution in [0, 0.1) is 10.1 Å². The van der Waals surface area contributed by atoms with Crippen molar-refractivity contribution in [1.29, 1.82) is 0 Å². The molecule has 0 fully saturated rings. The number of hydrogen-bond donors (Lipinski definition) is 0. The zero-order chi connectivity index (χ0) is 13.5. The van der Waals surface area contributed by atoms with Crippen LogP contribution in [0.3, 0.4) is 0 Å². The molecule has 0 aromatic carbocycles. The number of nitro groups is 1. The monoisotopic (exact) mass is 269 g/mol. The Morgan fingerprint density at radius 2 is 2.28 bits per heavy atom. The minimum absolute atomic E-state index is 0.420. The quantitative estimate of drug-likeness (QED) is 0.588. The third-order valence-electron chi connectivity index (χ3n) is 2.55. The Morgan fingerprint density at radius 1 is 1.56 bits per heavy atom. The fourth-order valence-corrected chi connectivity index (χ4v) is 1.74. The Morgan fingerprint density at radius 3 is 2.72 bits per heavy atom. The minimum Gasteiger partial charge on any atom is -0.364 e. The van der Waals surface area contributed by atoms with Gasteiger partial charge in [-0.15, -0.1) is 0 Å². The van der Waals surface area contributed by atoms with E-state index in [2.05, 4.69) is 4.98 Å². The maximum Gasteiger partial charge on any atom is 0.253 e. The molecule has 0 radical (unpaired) electrons. The summed E-state index contributed by atoms with van der Waals surface area (Å²) >= 11 is 5.76. The second-order valence-electron chi connectivity index (χ2n) is 3.74. The van der Waals surface area contributed by atoms with E-state index in [0.29, 0.717) is 30.2 Å². The summed E-state index contributed by atoms with van der Waals surface area (Å²) in [4.78, 5) is 16.3. The molecule has 0 unspecified atom stereocenters. The molecule has 6 heteroatoms. The highest BCUT2D eigenvalue weighted by Gasteiger charge is 2.11. The smallest absolute Gasteiger partial charge is 0.253 e. The maximum atomic E-state index is 10.6. The summed E-state index contributed by atoms with van der Waals surface area (Å²) in [6.07, 6.45) is 3.25. The van der Waals surface area contributed by atoms with Gasteiger partial charge in [0.05, 0.1) is 27.9 Å². The molecule has 0 saturated heterocycles. The first kappa shape index (κ1) is 14.4. The fraction of sp³-hybridized carbons (Fsp3) is 0.417. The number of hydrogen-bond acceptors (Lipinski definition) is 4. The Bertz CT molecular complexity index is 431. The van der Waals surface area contributed by atoms with Crippen molar-refractivity contribution in [2.45, 2.75) is 26.8 Å². The van der Waals surface area contributed by atoms with Crippen LogP contribution in [0.15, 0.2) is 30.2 Å². The van der Waals surface area contributed by atoms with E-state index in [-0.39, 0.29) is 0 Å². The molecule has 5 nitrogen and oxygen atoms in total. The first-order valence-corrected chi connectivity index (χ1v) is 6.14. The van der Waals surface area contributed by atoms with Crippen LogP contribution in [-0.2, 0) is 6.54 Å². The Kier molecular flexibility index (Phi) is 5.58. The molecule has 0 aliphatic carbocycles. The van der Waals surface area contributed by atoms with E-state index in [1.54, 1.807) is 12.3 Å². The molecule has 0 saturated carbocycles. The SMILES string of the molecule is CC/C(=C\[N+](=O)[O-])N(CC)Cc1ccc(Cl)cn1. The van der Waals surface area contributed by atoms with Gasteiger partial charge in [0.1, 0.15) is 0 Å². The van der Waals surface area contributed by atoms with Crippen LogP contribution >= 0.6 is 11.6 Å². The molecule has 0 aliphatic heterocycles. The normalized spacial score (nSPS) is 11.4. The van der Waals surface area contributed by atoms with E-state index in [1.165, 1.54) is 0 Å². The lowest BCUT2D eigenvalue weighted by Crippen LogP contribution is -2.23. The zero-order valence-corrected chi connectivity index (χ0v) is 11.2. The highest BCUT2D eigenvalue weighted by molar-refractivity contribution is 6.30. The molecule has 0 spiro atoms. The molecule has 1 aromatic heterocycles. The number of pyridine rings is 1. The van der Waals surface area contributed by atoms with Gasteiger partial charge in [0, 0.05) is 12.7 Å². The van der Waals surface area contributed by atoms with Crippen LogP contribution < -0.4 is 0 Å². The third kappa shape index (κ3) is 4.33. The number of allylic oxidation sites excluding steroid dienone is 1. The van der Waals surface area contributed by atoms with E-state index in [9.17, 15) is 10.1 Å².